The molecule has 1 heterocycles. The van der Waals surface area contributed by atoms with Gasteiger partial charge in [-0.3, -0.25) is 4.90 Å². The van der Waals surface area contributed by atoms with E-state index in [9.17, 15) is 28.5 Å². The van der Waals surface area contributed by atoms with Crippen LogP contribution in [-0.2, 0) is 0 Å². The number of nitrogens with zero attached hydrogens (tertiary/aromatic N) is 1. The highest BCUT2D eigenvalue weighted by atomic mass is 19.1. The summed E-state index contributed by atoms with van der Waals surface area (Å²) in [7, 11) is 0. The molecule has 2 aliphatic rings. The molecule has 3 N–H and O–H groups in total. The first-order valence-corrected chi connectivity index (χ1v) is 9.47. The minimum absolute atomic E-state index is 0.0163. The third-order valence-corrected chi connectivity index (χ3v) is 5.85. The molecule has 0 aromatic heterocycles. The van der Waals surface area contributed by atoms with Crippen molar-refractivity contribution in [3.63, 3.8) is 0 Å². The average Bonchev–Trinajstić information content (AvgIpc) is 3.11. The van der Waals surface area contributed by atoms with E-state index in [0.29, 0.717) is 19.4 Å². The van der Waals surface area contributed by atoms with Crippen LogP contribution in [0.1, 0.15) is 24.5 Å². The van der Waals surface area contributed by atoms with Crippen LogP contribution in [0.2, 0.25) is 0 Å². The number of halogens is 3. The lowest BCUT2D eigenvalue weighted by Crippen LogP contribution is -2.36. The van der Waals surface area contributed by atoms with Gasteiger partial charge in [0.25, 0.3) is 0 Å². The zero-order valence-electron chi connectivity index (χ0n) is 15.6. The molecule has 2 fully saturated rings. The number of hydrogen-bond acceptors (Lipinski definition) is 5. The molecule has 2 aromatic rings. The number of benzene rings is 2. The summed E-state index contributed by atoms with van der Waals surface area (Å²) in [6.07, 6.45) is -0.609. The molecule has 4 rings (SSSR count). The van der Waals surface area contributed by atoms with Gasteiger partial charge in [-0.2, -0.15) is 0 Å². The number of ether oxygens (including phenoxy) is 1. The summed E-state index contributed by atoms with van der Waals surface area (Å²) >= 11 is 0. The standard InChI is InChI=1S/C21H22F3NO4/c22-15-3-1-2-4-19(15)29-14-7-13-9-25(11-21(13,28)8-14)10-18(26)12-5-16(23)20(27)17(24)6-12/h1-6,13-14,18,26-28H,7-11H2/t13-,14+,18?,21-/m1/s1. The number of hydrogen-bond donors (Lipinski definition) is 3. The van der Waals surface area contributed by atoms with Gasteiger partial charge in [-0.1, -0.05) is 12.1 Å². The van der Waals surface area contributed by atoms with Crippen molar-refractivity contribution in [2.45, 2.75) is 30.7 Å². The van der Waals surface area contributed by atoms with Gasteiger partial charge in [0, 0.05) is 32.0 Å². The van der Waals surface area contributed by atoms with Crippen LogP contribution in [0.5, 0.6) is 11.5 Å². The van der Waals surface area contributed by atoms with E-state index in [-0.39, 0.29) is 36.4 Å². The molecule has 2 aromatic carbocycles. The molecule has 29 heavy (non-hydrogen) atoms. The van der Waals surface area contributed by atoms with Crippen LogP contribution in [0.4, 0.5) is 13.2 Å². The molecule has 0 bridgehead atoms. The largest absolute Gasteiger partial charge is 0.503 e. The predicted octanol–water partition coefficient (Wildman–Crippen LogP) is 2.75. The summed E-state index contributed by atoms with van der Waals surface area (Å²) in [4.78, 5) is 1.83. The smallest absolute Gasteiger partial charge is 0.187 e. The molecule has 1 aliphatic carbocycles. The zero-order chi connectivity index (χ0) is 20.8. The van der Waals surface area contributed by atoms with E-state index < -0.39 is 34.9 Å². The Bertz CT molecular complexity index is 888. The van der Waals surface area contributed by atoms with Gasteiger partial charge in [0.15, 0.2) is 29.0 Å². The highest BCUT2D eigenvalue weighted by molar-refractivity contribution is 5.31. The molecule has 1 aliphatic heterocycles. The van der Waals surface area contributed by atoms with Crippen LogP contribution >= 0.6 is 0 Å². The summed E-state index contributed by atoms with van der Waals surface area (Å²) in [5, 5.41) is 30.5. The monoisotopic (exact) mass is 409 g/mol. The van der Waals surface area contributed by atoms with E-state index >= 15 is 0 Å². The van der Waals surface area contributed by atoms with Crippen molar-refractivity contribution >= 4 is 0 Å². The first kappa shape index (κ1) is 20.0. The molecule has 1 saturated heterocycles. The quantitative estimate of drug-likeness (QED) is 0.708. The fourth-order valence-electron chi connectivity index (χ4n) is 4.46. The predicted molar refractivity (Wildman–Crippen MR) is 97.9 cm³/mol. The lowest BCUT2D eigenvalue weighted by molar-refractivity contribution is 0.0175. The number of β-amino-alcohol motifs (C(OH)–C–C–N with tert-alkyl or cyclic N) is 2. The van der Waals surface area contributed by atoms with E-state index in [0.717, 1.165) is 12.1 Å². The highest BCUT2D eigenvalue weighted by Crippen LogP contribution is 2.43. The summed E-state index contributed by atoms with van der Waals surface area (Å²) in [5.41, 5.74) is -1.01. The molecular weight excluding hydrogens is 387 g/mol. The maximum absolute atomic E-state index is 13.8. The van der Waals surface area contributed by atoms with Gasteiger partial charge < -0.3 is 20.1 Å². The van der Waals surface area contributed by atoms with Gasteiger partial charge >= 0.3 is 0 Å². The third kappa shape index (κ3) is 3.92. The van der Waals surface area contributed by atoms with Crippen LogP contribution in [0, 0.1) is 23.4 Å². The van der Waals surface area contributed by atoms with Crippen LogP contribution in [-0.4, -0.2) is 51.6 Å². The number of fused-ring (bicyclic) bond motifs is 1. The number of aliphatic hydroxyl groups is 2. The Morgan fingerprint density at radius 1 is 1.14 bits per heavy atom. The minimum Gasteiger partial charge on any atom is -0.503 e. The molecule has 5 nitrogen and oxygen atoms in total. The first-order chi connectivity index (χ1) is 13.7. The molecule has 1 unspecified atom stereocenters. The summed E-state index contributed by atoms with van der Waals surface area (Å²) in [6, 6.07) is 7.92. The normalized spacial score (nSPS) is 27.8. The number of rotatable bonds is 5. The van der Waals surface area contributed by atoms with E-state index in [1.165, 1.54) is 6.07 Å². The Balaban J connectivity index is 1.37. The molecule has 0 radical (unpaired) electrons. The van der Waals surface area contributed by atoms with Gasteiger partial charge in [-0.15, -0.1) is 0 Å². The van der Waals surface area contributed by atoms with Crippen molar-refractivity contribution in [1.29, 1.82) is 0 Å². The van der Waals surface area contributed by atoms with Crippen LogP contribution in [0.15, 0.2) is 36.4 Å². The second kappa shape index (κ2) is 7.51. The number of aromatic hydroxyl groups is 1. The zero-order valence-corrected chi connectivity index (χ0v) is 15.6. The van der Waals surface area contributed by atoms with Gasteiger partial charge in [0.1, 0.15) is 6.10 Å². The molecular formula is C21H22F3NO4. The lowest BCUT2D eigenvalue weighted by atomic mass is 9.95. The van der Waals surface area contributed by atoms with E-state index in [4.69, 9.17) is 4.74 Å². The SMILES string of the molecule is Oc1c(F)cc(C(O)CN2C[C@H]3C[C@H](Oc4ccccc4F)C[C@@]3(O)C2)cc1F. The molecule has 4 atom stereocenters. The Morgan fingerprint density at radius 2 is 1.83 bits per heavy atom. The van der Waals surface area contributed by atoms with Crippen molar-refractivity contribution < 1.29 is 33.2 Å². The minimum atomic E-state index is -1.17. The van der Waals surface area contributed by atoms with Gasteiger partial charge in [0.2, 0.25) is 0 Å². The second-order valence-electron chi connectivity index (χ2n) is 7.95. The number of phenolic OH excluding ortho intramolecular Hbond substituents is 1. The molecule has 156 valence electrons. The van der Waals surface area contributed by atoms with Crippen molar-refractivity contribution in [1.82, 2.24) is 4.90 Å². The number of aliphatic hydroxyl groups excluding tert-OH is 1. The van der Waals surface area contributed by atoms with Gasteiger partial charge in [0.05, 0.1) is 11.7 Å². The van der Waals surface area contributed by atoms with Crippen molar-refractivity contribution in [2.75, 3.05) is 19.6 Å². The average molecular weight is 409 g/mol. The fourth-order valence-corrected chi connectivity index (χ4v) is 4.46. The van der Waals surface area contributed by atoms with Crippen molar-refractivity contribution in [2.24, 2.45) is 5.92 Å². The Labute approximate surface area is 166 Å². The fraction of sp³-hybridized carbons (Fsp3) is 0.429. The van der Waals surface area contributed by atoms with Crippen molar-refractivity contribution in [3.05, 3.63) is 59.4 Å². The maximum Gasteiger partial charge on any atom is 0.187 e. The summed E-state index contributed by atoms with van der Waals surface area (Å²) in [5.74, 6) is -3.75. The Hall–Kier alpha value is -2.29. The Kier molecular flexibility index (Phi) is 5.18. The van der Waals surface area contributed by atoms with E-state index in [2.05, 4.69) is 0 Å². The third-order valence-electron chi connectivity index (χ3n) is 5.85. The summed E-state index contributed by atoms with van der Waals surface area (Å²) in [6.45, 7) is 0.837. The second-order valence-corrected chi connectivity index (χ2v) is 7.95. The first-order valence-electron chi connectivity index (χ1n) is 9.47. The van der Waals surface area contributed by atoms with E-state index in [1.807, 2.05) is 4.90 Å². The maximum atomic E-state index is 13.8. The molecule has 0 spiro atoms. The lowest BCUT2D eigenvalue weighted by Gasteiger charge is -2.25. The summed E-state index contributed by atoms with van der Waals surface area (Å²) < 4.78 is 46.5. The Morgan fingerprint density at radius 3 is 2.48 bits per heavy atom. The number of phenols is 1. The van der Waals surface area contributed by atoms with Gasteiger partial charge in [-0.25, -0.2) is 13.2 Å². The molecule has 8 heteroatoms. The topological polar surface area (TPSA) is 73.2 Å². The van der Waals surface area contributed by atoms with Gasteiger partial charge in [-0.05, 0) is 36.2 Å². The van der Waals surface area contributed by atoms with Crippen LogP contribution in [0.3, 0.4) is 0 Å². The van der Waals surface area contributed by atoms with Crippen LogP contribution < -0.4 is 4.74 Å². The molecule has 0 amide bonds. The molecule has 1 saturated carbocycles. The van der Waals surface area contributed by atoms with Crippen molar-refractivity contribution in [3.8, 4) is 11.5 Å². The number of para-hydroxylation sites is 1. The van der Waals surface area contributed by atoms with Crippen LogP contribution in [0.25, 0.3) is 0 Å². The number of likely N-dealkylation sites (tertiary alicyclic amines) is 1. The van der Waals surface area contributed by atoms with E-state index in [1.54, 1.807) is 18.2 Å². The highest BCUT2D eigenvalue weighted by Gasteiger charge is 2.52.